The highest BCUT2D eigenvalue weighted by Gasteiger charge is 2.17. The second-order valence-electron chi connectivity index (χ2n) is 7.12. The van der Waals surface area contributed by atoms with Gasteiger partial charge in [0.15, 0.2) is 0 Å². The van der Waals surface area contributed by atoms with Crippen molar-refractivity contribution in [2.24, 2.45) is 0 Å². The number of rotatable bonds is 15. The smallest absolute Gasteiger partial charge is 0.301 e. The molecule has 1 rings (SSSR count). The first-order valence-corrected chi connectivity index (χ1v) is 11.4. The zero-order valence-corrected chi connectivity index (χ0v) is 17.1. The monoisotopic (exact) mass is 386 g/mol. The van der Waals surface area contributed by atoms with E-state index in [-0.39, 0.29) is 6.10 Å². The van der Waals surface area contributed by atoms with Crippen LogP contribution in [0.15, 0.2) is 24.3 Å². The third-order valence-corrected chi connectivity index (χ3v) is 4.90. The van der Waals surface area contributed by atoms with Crippen molar-refractivity contribution in [2.75, 3.05) is 0 Å². The molecular weight excluding hydrogens is 351 g/mol. The minimum Gasteiger partial charge on any atom is -0.301 e. The Morgan fingerprint density at radius 1 is 0.923 bits per heavy atom. The van der Waals surface area contributed by atoms with Crippen molar-refractivity contribution in [1.82, 2.24) is 0 Å². The highest BCUT2D eigenvalue weighted by atomic mass is 31.2. The van der Waals surface area contributed by atoms with Crippen molar-refractivity contribution >= 4 is 7.82 Å². The van der Waals surface area contributed by atoms with Crippen molar-refractivity contribution in [3.05, 3.63) is 35.4 Å². The number of aryl methyl sites for hydroxylation is 2. The molecule has 0 aliphatic carbocycles. The predicted molar refractivity (Wildman–Crippen MR) is 105 cm³/mol. The van der Waals surface area contributed by atoms with Crippen LogP contribution in [0.2, 0.25) is 0 Å². The normalized spacial score (nSPS) is 13.1. The summed E-state index contributed by atoms with van der Waals surface area (Å²) in [5.41, 5.74) is 2.89. The van der Waals surface area contributed by atoms with Crippen LogP contribution in [0.5, 0.6) is 0 Å². The van der Waals surface area contributed by atoms with E-state index in [2.05, 4.69) is 40.8 Å². The Bertz CT molecular complexity index is 529. The van der Waals surface area contributed by atoms with Crippen molar-refractivity contribution in [3.8, 4) is 0 Å². The van der Waals surface area contributed by atoms with Gasteiger partial charge in [0.2, 0.25) is 0 Å². The Hall–Kier alpha value is -0.710. The molecule has 150 valence electrons. The molecule has 0 aliphatic heterocycles. The lowest BCUT2D eigenvalue weighted by Crippen LogP contribution is -2.07. The maximum atomic E-state index is 10.5. The molecule has 1 aromatic rings. The summed E-state index contributed by atoms with van der Waals surface area (Å²) < 4.78 is 14.5. The Morgan fingerprint density at radius 2 is 1.46 bits per heavy atom. The summed E-state index contributed by atoms with van der Waals surface area (Å²) in [7, 11) is -4.53. The number of hydrogen-bond donors (Lipinski definition) is 2. The first-order chi connectivity index (χ1) is 12.4. The second-order valence-corrected chi connectivity index (χ2v) is 8.25. The van der Waals surface area contributed by atoms with Crippen LogP contribution in [-0.2, 0) is 20.5 Å². The fraction of sp³-hybridized carbons (Fsp3) is 0.700. The molecule has 0 bridgehead atoms. The lowest BCUT2D eigenvalue weighted by molar-refractivity contribution is -0.254. The zero-order chi connectivity index (χ0) is 19.3. The summed E-state index contributed by atoms with van der Waals surface area (Å²) in [6.45, 7) is 3.94. The van der Waals surface area contributed by atoms with Crippen LogP contribution in [0.1, 0.15) is 82.3 Å². The van der Waals surface area contributed by atoms with Gasteiger partial charge in [0.05, 0.1) is 6.10 Å². The Labute approximate surface area is 158 Å². The van der Waals surface area contributed by atoms with Gasteiger partial charge in [0, 0.05) is 0 Å². The van der Waals surface area contributed by atoms with E-state index < -0.39 is 7.82 Å². The van der Waals surface area contributed by atoms with Crippen LogP contribution in [0.3, 0.4) is 0 Å². The third kappa shape index (κ3) is 12.6. The Kier molecular flexibility index (Phi) is 12.1. The topological polar surface area (TPSA) is 76.0 Å². The SMILES string of the molecule is Cc1ccccc1CCCCCCCCCCCC(C)OOP(=O)(O)O. The number of hydrogen-bond acceptors (Lipinski definition) is 3. The van der Waals surface area contributed by atoms with Crippen LogP contribution in [0.4, 0.5) is 0 Å². The third-order valence-electron chi connectivity index (χ3n) is 4.62. The molecule has 0 radical (unpaired) electrons. The van der Waals surface area contributed by atoms with Gasteiger partial charge >= 0.3 is 7.82 Å². The number of unbranched alkanes of at least 4 members (excludes halogenated alkanes) is 8. The van der Waals surface area contributed by atoms with Crippen molar-refractivity contribution < 1.29 is 23.9 Å². The van der Waals surface area contributed by atoms with Gasteiger partial charge in [-0.05, 0) is 44.2 Å². The molecule has 5 nitrogen and oxygen atoms in total. The van der Waals surface area contributed by atoms with E-state index in [1.807, 2.05) is 0 Å². The minimum atomic E-state index is -4.53. The van der Waals surface area contributed by atoms with E-state index in [9.17, 15) is 4.57 Å². The average molecular weight is 386 g/mol. The first kappa shape index (κ1) is 23.3. The van der Waals surface area contributed by atoms with E-state index in [1.54, 1.807) is 6.92 Å². The number of benzene rings is 1. The van der Waals surface area contributed by atoms with Crippen molar-refractivity contribution in [1.29, 1.82) is 0 Å². The highest BCUT2D eigenvalue weighted by Crippen LogP contribution is 2.36. The Morgan fingerprint density at radius 3 is 2.04 bits per heavy atom. The molecule has 0 aromatic heterocycles. The van der Waals surface area contributed by atoms with Crippen LogP contribution in [-0.4, -0.2) is 15.9 Å². The fourth-order valence-electron chi connectivity index (χ4n) is 3.05. The van der Waals surface area contributed by atoms with Crippen LogP contribution in [0.25, 0.3) is 0 Å². The number of phosphoric acid groups is 1. The molecule has 1 aromatic carbocycles. The van der Waals surface area contributed by atoms with E-state index in [0.29, 0.717) is 0 Å². The lowest BCUT2D eigenvalue weighted by atomic mass is 10.0. The predicted octanol–water partition coefficient (Wildman–Crippen LogP) is 5.87. The highest BCUT2D eigenvalue weighted by molar-refractivity contribution is 7.46. The van der Waals surface area contributed by atoms with Gasteiger partial charge in [-0.25, -0.2) is 9.45 Å². The molecule has 0 saturated carbocycles. The quantitative estimate of drug-likeness (QED) is 0.171. The molecule has 1 atom stereocenters. The van der Waals surface area contributed by atoms with Gasteiger partial charge in [-0.3, -0.25) is 0 Å². The lowest BCUT2D eigenvalue weighted by Gasteiger charge is -2.11. The summed E-state index contributed by atoms with van der Waals surface area (Å²) in [6, 6.07) is 8.65. The molecule has 0 saturated heterocycles. The van der Waals surface area contributed by atoms with Crippen LogP contribution in [0, 0.1) is 6.92 Å². The maximum absolute atomic E-state index is 10.5. The molecule has 0 spiro atoms. The molecule has 0 amide bonds. The summed E-state index contributed by atoms with van der Waals surface area (Å²) in [5.74, 6) is 0. The van der Waals surface area contributed by atoms with Crippen molar-refractivity contribution in [2.45, 2.75) is 90.6 Å². The molecule has 1 unspecified atom stereocenters. The molecule has 26 heavy (non-hydrogen) atoms. The Balaban J connectivity index is 1.86. The standard InChI is InChI=1S/C20H35O5P/c1-18-14-12-13-17-20(18)16-11-9-7-5-3-4-6-8-10-15-19(2)24-25-26(21,22)23/h12-14,17,19H,3-11,15-16H2,1-2H3,(H2,21,22,23). The molecule has 0 aliphatic rings. The average Bonchev–Trinajstić information content (AvgIpc) is 2.58. The van der Waals surface area contributed by atoms with Crippen molar-refractivity contribution in [3.63, 3.8) is 0 Å². The van der Waals surface area contributed by atoms with Gasteiger partial charge in [-0.1, -0.05) is 75.6 Å². The van der Waals surface area contributed by atoms with Crippen LogP contribution >= 0.6 is 7.82 Å². The zero-order valence-electron chi connectivity index (χ0n) is 16.2. The molecule has 0 fully saturated rings. The maximum Gasteiger partial charge on any atom is 0.496 e. The van der Waals surface area contributed by atoms with Crippen LogP contribution < -0.4 is 0 Å². The van der Waals surface area contributed by atoms with E-state index in [4.69, 9.17) is 9.79 Å². The summed E-state index contributed by atoms with van der Waals surface area (Å²) in [4.78, 5) is 21.8. The van der Waals surface area contributed by atoms with Gasteiger partial charge < -0.3 is 9.79 Å². The summed E-state index contributed by atoms with van der Waals surface area (Å²) in [6.07, 6.45) is 12.7. The van der Waals surface area contributed by atoms with Gasteiger partial charge in [0.25, 0.3) is 0 Å². The summed E-state index contributed by atoms with van der Waals surface area (Å²) in [5, 5.41) is 0. The molecule has 2 N–H and O–H groups in total. The van der Waals surface area contributed by atoms with Gasteiger partial charge in [-0.2, -0.15) is 0 Å². The second kappa shape index (κ2) is 13.5. The summed E-state index contributed by atoms with van der Waals surface area (Å²) >= 11 is 0. The van der Waals surface area contributed by atoms with Gasteiger partial charge in [0.1, 0.15) is 0 Å². The molecular formula is C20H35O5P. The van der Waals surface area contributed by atoms with E-state index in [1.165, 1.54) is 62.5 Å². The molecule has 0 heterocycles. The minimum absolute atomic E-state index is 0.295. The van der Waals surface area contributed by atoms with E-state index in [0.717, 1.165) is 19.3 Å². The molecule has 6 heteroatoms. The van der Waals surface area contributed by atoms with E-state index >= 15 is 0 Å². The fourth-order valence-corrected chi connectivity index (χ4v) is 3.31. The van der Waals surface area contributed by atoms with Gasteiger partial charge in [-0.15, -0.1) is 4.67 Å². The first-order valence-electron chi connectivity index (χ1n) is 9.83. The largest absolute Gasteiger partial charge is 0.496 e.